The Morgan fingerprint density at radius 3 is 2.29 bits per heavy atom. The van der Waals surface area contributed by atoms with E-state index in [-0.39, 0.29) is 16.9 Å². The van der Waals surface area contributed by atoms with Crippen LogP contribution in [0.3, 0.4) is 0 Å². The first kappa shape index (κ1) is 17.0. The van der Waals surface area contributed by atoms with Crippen LogP contribution in [-0.4, -0.2) is 11.4 Å². The smallest absolute Gasteiger partial charge is 0.224 e. The van der Waals surface area contributed by atoms with Crippen LogP contribution in [0.2, 0.25) is 5.02 Å². The minimum Gasteiger partial charge on any atom is -0.307 e. The number of carbonyl (C=O) groups excluding carboxylic acids is 1. The van der Waals surface area contributed by atoms with Gasteiger partial charge in [-0.25, -0.2) is 0 Å². The monoisotopic (exact) mass is 341 g/mol. The third-order valence-electron chi connectivity index (χ3n) is 5.18. The summed E-state index contributed by atoms with van der Waals surface area (Å²) in [7, 11) is 0. The summed E-state index contributed by atoms with van der Waals surface area (Å²) in [6.45, 7) is 10.3. The van der Waals surface area contributed by atoms with E-state index >= 15 is 0 Å². The zero-order valence-electron chi connectivity index (χ0n) is 15.0. The molecule has 0 aromatic heterocycles. The van der Waals surface area contributed by atoms with Gasteiger partial charge < -0.3 is 4.90 Å². The minimum atomic E-state index is -0.261. The van der Waals surface area contributed by atoms with Gasteiger partial charge in [0.2, 0.25) is 5.91 Å². The van der Waals surface area contributed by atoms with Gasteiger partial charge >= 0.3 is 0 Å². The number of nitrogens with zero attached hydrogens (tertiary/aromatic N) is 1. The summed E-state index contributed by atoms with van der Waals surface area (Å²) in [4.78, 5) is 14.3. The van der Waals surface area contributed by atoms with Gasteiger partial charge in [0, 0.05) is 28.6 Å². The van der Waals surface area contributed by atoms with Crippen LogP contribution in [0.4, 0.5) is 5.69 Å². The van der Waals surface area contributed by atoms with Crippen LogP contribution in [0.1, 0.15) is 50.8 Å². The van der Waals surface area contributed by atoms with Gasteiger partial charge in [0.05, 0.1) is 0 Å². The van der Waals surface area contributed by atoms with Crippen LogP contribution >= 0.6 is 11.6 Å². The van der Waals surface area contributed by atoms with Crippen molar-refractivity contribution in [1.29, 1.82) is 0 Å². The Morgan fingerprint density at radius 1 is 1.08 bits per heavy atom. The van der Waals surface area contributed by atoms with Crippen LogP contribution in [-0.2, 0) is 10.2 Å². The van der Waals surface area contributed by atoms with Gasteiger partial charge in [-0.2, -0.15) is 0 Å². The largest absolute Gasteiger partial charge is 0.307 e. The number of hydrogen-bond acceptors (Lipinski definition) is 1. The number of hydrogen-bond donors (Lipinski definition) is 0. The zero-order chi connectivity index (χ0) is 17.7. The number of amides is 1. The van der Waals surface area contributed by atoms with Gasteiger partial charge in [-0.05, 0) is 56.5 Å². The van der Waals surface area contributed by atoms with E-state index in [1.165, 1.54) is 16.7 Å². The van der Waals surface area contributed by atoms with Crippen LogP contribution in [0.5, 0.6) is 0 Å². The molecular formula is C21H24ClNO. The number of carbonyl (C=O) groups is 1. The molecule has 3 rings (SSSR count). The number of fused-ring (bicyclic) bond motifs is 1. The maximum absolute atomic E-state index is 12.4. The molecule has 126 valence electrons. The molecule has 0 saturated heterocycles. The molecule has 0 saturated carbocycles. The second-order valence-electron chi connectivity index (χ2n) is 7.70. The molecule has 0 unspecified atom stereocenters. The van der Waals surface area contributed by atoms with Crippen molar-refractivity contribution in [3.8, 4) is 0 Å². The molecule has 1 aliphatic heterocycles. The Kier molecular flexibility index (Phi) is 4.00. The lowest BCUT2D eigenvalue weighted by Gasteiger charge is -2.51. The van der Waals surface area contributed by atoms with Crippen molar-refractivity contribution in [2.45, 2.75) is 52.0 Å². The second-order valence-corrected chi connectivity index (χ2v) is 8.14. The molecule has 1 aliphatic rings. The van der Waals surface area contributed by atoms with E-state index in [0.717, 1.165) is 17.1 Å². The maximum Gasteiger partial charge on any atom is 0.224 e. The third kappa shape index (κ3) is 2.63. The standard InChI is InChI=1S/C21H24ClNO/c1-14-6-11-19-18(12-14)21(5,16-7-9-17(22)10-8-16)13-20(3,4)23(19)15(2)24/h6-12H,13H2,1-5H3/t21-/m0/s1. The fourth-order valence-corrected chi connectivity index (χ4v) is 4.45. The Bertz CT molecular complexity index is 794. The summed E-state index contributed by atoms with van der Waals surface area (Å²) in [5.41, 5.74) is 4.23. The van der Waals surface area contributed by atoms with Crippen molar-refractivity contribution in [1.82, 2.24) is 0 Å². The predicted octanol–water partition coefficient (Wildman–Crippen LogP) is 5.49. The van der Waals surface area contributed by atoms with E-state index < -0.39 is 0 Å². The minimum absolute atomic E-state index is 0.0864. The van der Waals surface area contributed by atoms with E-state index in [1.54, 1.807) is 6.92 Å². The maximum atomic E-state index is 12.4. The van der Waals surface area contributed by atoms with Gasteiger partial charge in [0.1, 0.15) is 0 Å². The first-order valence-corrected chi connectivity index (χ1v) is 8.71. The highest BCUT2D eigenvalue weighted by atomic mass is 35.5. The van der Waals surface area contributed by atoms with Crippen LogP contribution < -0.4 is 4.90 Å². The SMILES string of the molecule is CC(=O)N1c2ccc(C)cc2[C@](C)(c2ccc(Cl)cc2)CC1(C)C. The van der Waals surface area contributed by atoms with Gasteiger partial charge in [0.25, 0.3) is 0 Å². The molecule has 24 heavy (non-hydrogen) atoms. The fraction of sp³-hybridized carbons (Fsp3) is 0.381. The van der Waals surface area contributed by atoms with Crippen molar-refractivity contribution < 1.29 is 4.79 Å². The molecule has 2 aromatic carbocycles. The first-order valence-electron chi connectivity index (χ1n) is 8.33. The Hall–Kier alpha value is -1.80. The Labute approximate surface area is 149 Å². The summed E-state index contributed by atoms with van der Waals surface area (Å²) in [5.74, 6) is 0.0864. The lowest BCUT2D eigenvalue weighted by molar-refractivity contribution is -0.117. The Morgan fingerprint density at radius 2 is 1.71 bits per heavy atom. The molecular weight excluding hydrogens is 318 g/mol. The highest BCUT2D eigenvalue weighted by Crippen LogP contribution is 2.50. The summed E-state index contributed by atoms with van der Waals surface area (Å²) in [6.07, 6.45) is 0.859. The summed E-state index contributed by atoms with van der Waals surface area (Å²) in [5, 5.41) is 0.743. The van der Waals surface area contributed by atoms with Crippen molar-refractivity contribution in [2.24, 2.45) is 0 Å². The first-order chi connectivity index (χ1) is 11.1. The molecule has 0 N–H and O–H groups in total. The Balaban J connectivity index is 2.28. The highest BCUT2D eigenvalue weighted by Gasteiger charge is 2.46. The van der Waals surface area contributed by atoms with Gasteiger partial charge in [0.15, 0.2) is 0 Å². The molecule has 2 nitrogen and oxygen atoms in total. The molecule has 1 amide bonds. The fourth-order valence-electron chi connectivity index (χ4n) is 4.32. The number of benzene rings is 2. The summed E-state index contributed by atoms with van der Waals surface area (Å²) < 4.78 is 0. The number of rotatable bonds is 1. The van der Waals surface area contributed by atoms with E-state index in [9.17, 15) is 4.79 Å². The summed E-state index contributed by atoms with van der Waals surface area (Å²) in [6, 6.07) is 14.5. The summed E-state index contributed by atoms with van der Waals surface area (Å²) >= 11 is 6.09. The topological polar surface area (TPSA) is 20.3 Å². The molecule has 0 spiro atoms. The van der Waals surface area contributed by atoms with Crippen molar-refractivity contribution in [2.75, 3.05) is 4.90 Å². The molecule has 0 aliphatic carbocycles. The second kappa shape index (κ2) is 5.63. The van der Waals surface area contributed by atoms with Crippen molar-refractivity contribution >= 4 is 23.2 Å². The van der Waals surface area contributed by atoms with E-state index in [0.29, 0.717) is 0 Å². The molecule has 2 aromatic rings. The van der Waals surface area contributed by atoms with Gasteiger partial charge in [-0.1, -0.05) is 48.4 Å². The molecule has 0 radical (unpaired) electrons. The third-order valence-corrected chi connectivity index (χ3v) is 5.43. The zero-order valence-corrected chi connectivity index (χ0v) is 15.7. The van der Waals surface area contributed by atoms with Crippen LogP contribution in [0.15, 0.2) is 42.5 Å². The number of anilines is 1. The number of aryl methyl sites for hydroxylation is 1. The van der Waals surface area contributed by atoms with E-state index in [4.69, 9.17) is 11.6 Å². The molecule has 0 fully saturated rings. The van der Waals surface area contributed by atoms with Gasteiger partial charge in [-0.3, -0.25) is 4.79 Å². The lowest BCUT2D eigenvalue weighted by atomic mass is 9.65. The highest BCUT2D eigenvalue weighted by molar-refractivity contribution is 6.30. The molecule has 3 heteroatoms. The quantitative estimate of drug-likeness (QED) is 0.671. The van der Waals surface area contributed by atoms with E-state index in [2.05, 4.69) is 58.0 Å². The average molecular weight is 342 g/mol. The van der Waals surface area contributed by atoms with Crippen molar-refractivity contribution in [3.63, 3.8) is 0 Å². The average Bonchev–Trinajstić information content (AvgIpc) is 2.47. The van der Waals surface area contributed by atoms with E-state index in [1.807, 2.05) is 17.0 Å². The van der Waals surface area contributed by atoms with Gasteiger partial charge in [-0.15, -0.1) is 0 Å². The predicted molar refractivity (Wildman–Crippen MR) is 101 cm³/mol. The molecule has 1 heterocycles. The number of halogens is 1. The van der Waals surface area contributed by atoms with Crippen LogP contribution in [0, 0.1) is 6.92 Å². The lowest BCUT2D eigenvalue weighted by Crippen LogP contribution is -2.55. The molecule has 1 atom stereocenters. The van der Waals surface area contributed by atoms with Crippen LogP contribution in [0.25, 0.3) is 0 Å². The normalized spacial score (nSPS) is 22.2. The molecule has 0 bridgehead atoms. The van der Waals surface area contributed by atoms with Crippen molar-refractivity contribution in [3.05, 3.63) is 64.2 Å².